The summed E-state index contributed by atoms with van der Waals surface area (Å²) in [7, 11) is 0. The monoisotopic (exact) mass is 535 g/mol. The van der Waals surface area contributed by atoms with E-state index in [-0.39, 0.29) is 42.3 Å². The van der Waals surface area contributed by atoms with Gasteiger partial charge in [0.05, 0.1) is 12.7 Å². The van der Waals surface area contributed by atoms with Crippen molar-refractivity contribution in [2.45, 2.75) is 90.6 Å². The van der Waals surface area contributed by atoms with Crippen molar-refractivity contribution in [1.29, 1.82) is 0 Å². The van der Waals surface area contributed by atoms with E-state index in [0.717, 1.165) is 51.4 Å². The van der Waals surface area contributed by atoms with Crippen molar-refractivity contribution in [2.24, 2.45) is 17.8 Å². The number of fused-ring (bicyclic) bond motifs is 1. The molecule has 0 spiro atoms. The number of amides is 2. The van der Waals surface area contributed by atoms with Crippen LogP contribution in [0, 0.1) is 17.8 Å². The molecule has 2 N–H and O–H groups in total. The summed E-state index contributed by atoms with van der Waals surface area (Å²) in [6, 6.07) is 4.99. The number of ether oxygens (including phenoxy) is 1. The fraction of sp³-hybridized carbons (Fsp3) is 0.562. The van der Waals surface area contributed by atoms with Crippen molar-refractivity contribution in [2.75, 3.05) is 6.61 Å². The van der Waals surface area contributed by atoms with Gasteiger partial charge in [0.1, 0.15) is 5.75 Å². The third-order valence-corrected chi connectivity index (χ3v) is 8.23. The number of piperidine rings is 1. The van der Waals surface area contributed by atoms with Crippen LogP contribution < -0.4 is 10.1 Å². The topological polar surface area (TPSA) is 110 Å². The molecule has 0 radical (unpaired) electrons. The molecule has 3 aliphatic rings. The number of hydrogen-bond donors (Lipinski definition) is 2. The van der Waals surface area contributed by atoms with Crippen LogP contribution in [0.15, 0.2) is 41.5 Å². The molecular formula is C32H41NO6. The molecule has 1 unspecified atom stereocenters. The third-order valence-electron chi connectivity index (χ3n) is 8.23. The second kappa shape index (κ2) is 13.3. The molecule has 2 amide bonds. The lowest BCUT2D eigenvalue weighted by atomic mass is 9.83. The summed E-state index contributed by atoms with van der Waals surface area (Å²) in [5, 5.41) is 12.1. The summed E-state index contributed by atoms with van der Waals surface area (Å²) < 4.78 is 5.91. The molecule has 1 saturated carbocycles. The van der Waals surface area contributed by atoms with E-state index in [1.54, 1.807) is 18.2 Å². The molecule has 2 fully saturated rings. The fourth-order valence-electron chi connectivity index (χ4n) is 5.77. The highest BCUT2D eigenvalue weighted by molar-refractivity contribution is 6.24. The number of allylic oxidation sites excluding steroid dienone is 4. The number of rotatable bonds is 11. The Morgan fingerprint density at radius 2 is 1.79 bits per heavy atom. The van der Waals surface area contributed by atoms with Crippen molar-refractivity contribution in [1.82, 2.24) is 5.32 Å². The summed E-state index contributed by atoms with van der Waals surface area (Å²) in [5.41, 5.74) is 2.48. The summed E-state index contributed by atoms with van der Waals surface area (Å²) in [5.74, 6) is 0.00422. The van der Waals surface area contributed by atoms with Gasteiger partial charge in [-0.05, 0) is 100 Å². The number of benzene rings is 1. The number of Topliss-reactive ketones (excluding diaryl/α,β-unsaturated/α-hetero) is 1. The van der Waals surface area contributed by atoms with Gasteiger partial charge in [0, 0.05) is 29.0 Å². The van der Waals surface area contributed by atoms with E-state index in [4.69, 9.17) is 4.74 Å². The maximum Gasteiger partial charge on any atom is 0.230 e. The molecule has 1 aromatic carbocycles. The molecule has 39 heavy (non-hydrogen) atoms. The second-order valence-corrected chi connectivity index (χ2v) is 11.5. The summed E-state index contributed by atoms with van der Waals surface area (Å²) in [4.78, 5) is 49.3. The molecule has 1 aliphatic heterocycles. The number of aliphatic hydroxyl groups excluding tert-OH is 1. The quantitative estimate of drug-likeness (QED) is 0.220. The van der Waals surface area contributed by atoms with Gasteiger partial charge in [-0.15, -0.1) is 0 Å². The van der Waals surface area contributed by atoms with E-state index in [2.05, 4.69) is 25.2 Å². The van der Waals surface area contributed by atoms with Gasteiger partial charge in [-0.3, -0.25) is 24.5 Å². The standard InChI is InChI=1S/C32H41NO6/c1-20(2)22(16-21-7-10-25(34)11-8-21)6-4-3-5-15-39-26-12-13-27-28(19-26)29(35)18-24(31(27)37)17-23-9-14-30(36)33-32(23)38/h12-13,16,18-21,23,25,34H,3-11,14-15,17H2,1-2H3,(H,33,36,38)/b22-16-. The molecule has 7 heteroatoms. The van der Waals surface area contributed by atoms with Crippen LogP contribution in [-0.4, -0.2) is 41.2 Å². The number of ketones is 2. The zero-order chi connectivity index (χ0) is 27.9. The van der Waals surface area contributed by atoms with Gasteiger partial charge in [0.25, 0.3) is 0 Å². The van der Waals surface area contributed by atoms with Gasteiger partial charge in [-0.1, -0.05) is 25.5 Å². The number of hydrogen-bond acceptors (Lipinski definition) is 6. The molecule has 1 heterocycles. The predicted octanol–water partition coefficient (Wildman–Crippen LogP) is 5.51. The van der Waals surface area contributed by atoms with Gasteiger partial charge in [0.2, 0.25) is 11.8 Å². The van der Waals surface area contributed by atoms with Crippen molar-refractivity contribution >= 4 is 23.4 Å². The average Bonchev–Trinajstić information content (AvgIpc) is 2.90. The second-order valence-electron chi connectivity index (χ2n) is 11.5. The molecular weight excluding hydrogens is 494 g/mol. The zero-order valence-electron chi connectivity index (χ0n) is 23.2. The highest BCUT2D eigenvalue weighted by Crippen LogP contribution is 2.31. The number of carbonyl (C=O) groups is 4. The van der Waals surface area contributed by atoms with Crippen LogP contribution in [-0.2, 0) is 9.59 Å². The third kappa shape index (κ3) is 7.75. The number of imide groups is 1. The molecule has 0 aromatic heterocycles. The smallest absolute Gasteiger partial charge is 0.230 e. The van der Waals surface area contributed by atoms with Crippen LogP contribution in [0.5, 0.6) is 5.75 Å². The zero-order valence-corrected chi connectivity index (χ0v) is 23.2. The molecule has 210 valence electrons. The SMILES string of the molecule is CC(C)/C(=C\C1CCC(O)CC1)CCCCCOc1ccc2c(c1)C(=O)C=C(CC1CCC(=O)NC1=O)C2=O. The van der Waals surface area contributed by atoms with E-state index >= 15 is 0 Å². The Morgan fingerprint density at radius 1 is 1.03 bits per heavy atom. The Balaban J connectivity index is 1.24. The average molecular weight is 536 g/mol. The first-order valence-corrected chi connectivity index (χ1v) is 14.5. The Labute approximate surface area is 231 Å². The predicted molar refractivity (Wildman–Crippen MR) is 149 cm³/mol. The van der Waals surface area contributed by atoms with Crippen LogP contribution in [0.4, 0.5) is 0 Å². The van der Waals surface area contributed by atoms with Gasteiger partial charge < -0.3 is 9.84 Å². The van der Waals surface area contributed by atoms with Gasteiger partial charge in [-0.25, -0.2) is 0 Å². The first kappa shape index (κ1) is 28.9. The maximum absolute atomic E-state index is 13.0. The normalized spacial score (nSPS) is 23.9. The lowest BCUT2D eigenvalue weighted by molar-refractivity contribution is -0.136. The molecule has 0 bridgehead atoms. The largest absolute Gasteiger partial charge is 0.494 e. The molecule has 1 saturated heterocycles. The van der Waals surface area contributed by atoms with Crippen LogP contribution >= 0.6 is 0 Å². The first-order chi connectivity index (χ1) is 18.7. The first-order valence-electron chi connectivity index (χ1n) is 14.5. The van der Waals surface area contributed by atoms with Crippen LogP contribution in [0.25, 0.3) is 0 Å². The van der Waals surface area contributed by atoms with E-state index in [1.165, 1.54) is 11.6 Å². The summed E-state index contributed by atoms with van der Waals surface area (Å²) >= 11 is 0. The van der Waals surface area contributed by atoms with Crippen molar-refractivity contribution in [3.05, 3.63) is 52.6 Å². The molecule has 1 atom stereocenters. The summed E-state index contributed by atoms with van der Waals surface area (Å²) in [6.45, 7) is 5.04. The maximum atomic E-state index is 13.0. The van der Waals surface area contributed by atoms with Gasteiger partial charge >= 0.3 is 0 Å². The lowest BCUT2D eigenvalue weighted by Gasteiger charge is -2.25. The number of nitrogens with one attached hydrogen (secondary N) is 1. The highest BCUT2D eigenvalue weighted by Gasteiger charge is 2.32. The van der Waals surface area contributed by atoms with E-state index in [9.17, 15) is 24.3 Å². The Morgan fingerprint density at radius 3 is 2.51 bits per heavy atom. The minimum atomic E-state index is -0.483. The van der Waals surface area contributed by atoms with Crippen LogP contribution in [0.1, 0.15) is 105 Å². The Kier molecular flexibility index (Phi) is 9.89. The fourth-order valence-corrected chi connectivity index (χ4v) is 5.77. The lowest BCUT2D eigenvalue weighted by Crippen LogP contribution is -2.41. The highest BCUT2D eigenvalue weighted by atomic mass is 16.5. The molecule has 7 nitrogen and oxygen atoms in total. The number of carbonyl (C=O) groups excluding carboxylic acids is 4. The Hall–Kier alpha value is -3.06. The van der Waals surface area contributed by atoms with Crippen LogP contribution in [0.3, 0.4) is 0 Å². The molecule has 1 aromatic rings. The van der Waals surface area contributed by atoms with Gasteiger partial charge in [0.15, 0.2) is 11.6 Å². The van der Waals surface area contributed by atoms with Gasteiger partial charge in [-0.2, -0.15) is 0 Å². The van der Waals surface area contributed by atoms with E-state index < -0.39 is 5.92 Å². The summed E-state index contributed by atoms with van der Waals surface area (Å²) in [6.07, 6.45) is 12.5. The number of unbranched alkanes of at least 4 members (excludes halogenated alkanes) is 2. The minimum Gasteiger partial charge on any atom is -0.494 e. The van der Waals surface area contributed by atoms with Crippen LogP contribution in [0.2, 0.25) is 0 Å². The van der Waals surface area contributed by atoms with E-state index in [1.807, 2.05) is 0 Å². The number of aliphatic hydroxyl groups is 1. The van der Waals surface area contributed by atoms with Crippen molar-refractivity contribution < 1.29 is 29.0 Å². The molecule has 2 aliphatic carbocycles. The molecule has 4 rings (SSSR count). The minimum absolute atomic E-state index is 0.121. The van der Waals surface area contributed by atoms with E-state index in [0.29, 0.717) is 47.3 Å². The van der Waals surface area contributed by atoms with Crippen molar-refractivity contribution in [3.8, 4) is 5.75 Å². The van der Waals surface area contributed by atoms with Crippen molar-refractivity contribution in [3.63, 3.8) is 0 Å². The Bertz CT molecular complexity index is 1160.